The van der Waals surface area contributed by atoms with E-state index in [1.807, 2.05) is 13.0 Å². The fraction of sp³-hybridized carbons (Fsp3) is 0.500. The summed E-state index contributed by atoms with van der Waals surface area (Å²) in [5, 5.41) is 21.3. The lowest BCUT2D eigenvalue weighted by Crippen LogP contribution is -2.49. The lowest BCUT2D eigenvalue weighted by Gasteiger charge is -2.43. The molecule has 2 unspecified atom stereocenters. The van der Waals surface area contributed by atoms with Crippen LogP contribution in [-0.2, 0) is 21.4 Å². The molecule has 0 radical (unpaired) electrons. The number of amides is 1. The summed E-state index contributed by atoms with van der Waals surface area (Å²) in [6.45, 7) is 9.81. The van der Waals surface area contributed by atoms with Crippen LogP contribution >= 0.6 is 0 Å². The fourth-order valence-electron chi connectivity index (χ4n) is 5.03. The minimum atomic E-state index is -3.60. The second-order valence-electron chi connectivity index (χ2n) is 9.14. The number of benzene rings is 1. The predicted octanol–water partition coefficient (Wildman–Crippen LogP) is 5.41. The molecular formula is C28H39N3O4S. The van der Waals surface area contributed by atoms with Crippen molar-refractivity contribution in [2.75, 3.05) is 11.9 Å². The first kappa shape index (κ1) is 29.5. The third-order valence-electron chi connectivity index (χ3n) is 6.88. The average molecular weight is 514 g/mol. The third-order valence-corrected chi connectivity index (χ3v) is 8.95. The minimum absolute atomic E-state index is 0.0921. The average Bonchev–Trinajstić information content (AvgIpc) is 2.91. The number of anilines is 1. The van der Waals surface area contributed by atoms with E-state index in [-0.39, 0.29) is 25.0 Å². The van der Waals surface area contributed by atoms with Gasteiger partial charge in [-0.2, -0.15) is 9.57 Å². The zero-order valence-electron chi connectivity index (χ0n) is 21.5. The molecule has 1 saturated heterocycles. The summed E-state index contributed by atoms with van der Waals surface area (Å²) >= 11 is 0. The molecule has 2 N–H and O–H groups in total. The smallest absolute Gasteiger partial charge is 0.250 e. The summed E-state index contributed by atoms with van der Waals surface area (Å²) in [5.41, 5.74) is 1.65. The van der Waals surface area contributed by atoms with Crippen LogP contribution in [0.1, 0.15) is 76.3 Å². The molecule has 196 valence electrons. The normalized spacial score (nSPS) is 20.9. The van der Waals surface area contributed by atoms with Gasteiger partial charge in [-0.3, -0.25) is 4.79 Å². The Hall–Kier alpha value is -2.73. The maximum atomic E-state index is 13.6. The van der Waals surface area contributed by atoms with Crippen LogP contribution in [0.4, 0.5) is 5.69 Å². The van der Waals surface area contributed by atoms with Gasteiger partial charge in [-0.25, -0.2) is 8.42 Å². The third kappa shape index (κ3) is 7.16. The van der Waals surface area contributed by atoms with Crippen LogP contribution in [0.3, 0.4) is 0 Å². The van der Waals surface area contributed by atoms with E-state index in [1.165, 1.54) is 12.5 Å². The molecule has 0 aromatic heterocycles. The van der Waals surface area contributed by atoms with E-state index in [4.69, 9.17) is 5.26 Å². The van der Waals surface area contributed by atoms with Crippen molar-refractivity contribution < 1.29 is 18.3 Å². The van der Waals surface area contributed by atoms with Crippen LogP contribution in [0.15, 0.2) is 54.0 Å². The first-order valence-electron chi connectivity index (χ1n) is 12.6. The molecule has 36 heavy (non-hydrogen) atoms. The van der Waals surface area contributed by atoms with Crippen molar-refractivity contribution >= 4 is 21.6 Å². The van der Waals surface area contributed by atoms with Crippen LogP contribution in [0, 0.1) is 17.2 Å². The molecule has 1 aromatic carbocycles. The van der Waals surface area contributed by atoms with E-state index < -0.39 is 10.0 Å². The Morgan fingerprint density at radius 2 is 1.92 bits per heavy atom. The van der Waals surface area contributed by atoms with Gasteiger partial charge in [0.05, 0.1) is 23.1 Å². The molecule has 8 heteroatoms. The Morgan fingerprint density at radius 1 is 1.22 bits per heavy atom. The molecule has 1 aliphatic carbocycles. The molecular weight excluding hydrogens is 474 g/mol. The van der Waals surface area contributed by atoms with E-state index in [9.17, 15) is 18.3 Å². The topological polar surface area (TPSA) is 110 Å². The number of sulfonamides is 1. The number of rotatable bonds is 8. The lowest BCUT2D eigenvalue weighted by molar-refractivity contribution is -0.112. The number of nitrogens with one attached hydrogen (secondary N) is 1. The molecule has 3 rings (SSSR count). The van der Waals surface area contributed by atoms with E-state index in [1.54, 1.807) is 35.5 Å². The number of aliphatic hydroxyl groups excluding tert-OH is 1. The van der Waals surface area contributed by atoms with Gasteiger partial charge in [-0.1, -0.05) is 31.9 Å². The number of piperidine rings is 1. The predicted molar refractivity (Wildman–Crippen MR) is 144 cm³/mol. The largest absolute Gasteiger partial charge is 0.392 e. The van der Waals surface area contributed by atoms with Gasteiger partial charge in [0.25, 0.3) is 5.91 Å². The summed E-state index contributed by atoms with van der Waals surface area (Å²) in [5.74, 6) is 0.0781. The van der Waals surface area contributed by atoms with Crippen molar-refractivity contribution in [2.45, 2.75) is 77.9 Å². The standard InChI is InChI=1S/C26H35N3O4S.C2H4/c1-3-7-23(34(32,33)29-15-6-9-21-8-4-5-10-25(21)29)13-11-19(2)26(31)28-24-14-12-20(17-27)16-22(24)18-30;1-2/h7,11-12,14,16,21,25,30H,3-6,8-10,13,15,18H2,1-2H3,(H,28,31);1-2H2/b19-11+,23-7+;. The molecule has 2 aliphatic rings. The maximum absolute atomic E-state index is 13.6. The second-order valence-corrected chi connectivity index (χ2v) is 11.1. The van der Waals surface area contributed by atoms with Gasteiger partial charge in [-0.15, -0.1) is 13.2 Å². The molecule has 0 spiro atoms. The number of fused-ring (bicyclic) bond motifs is 1. The number of hydrogen-bond donors (Lipinski definition) is 2. The molecule has 7 nitrogen and oxygen atoms in total. The molecule has 1 heterocycles. The Labute approximate surface area is 216 Å². The number of carbonyl (C=O) groups excluding carboxylic acids is 1. The Kier molecular flexibility index (Phi) is 11.6. The van der Waals surface area contributed by atoms with Crippen molar-refractivity contribution in [3.63, 3.8) is 0 Å². The molecule has 1 amide bonds. The Bertz CT molecular complexity index is 1120. The summed E-state index contributed by atoms with van der Waals surface area (Å²) in [4.78, 5) is 13.1. The van der Waals surface area contributed by atoms with Gasteiger partial charge in [0.1, 0.15) is 0 Å². The number of aliphatic hydroxyl groups is 1. The summed E-state index contributed by atoms with van der Waals surface area (Å²) < 4.78 is 29.0. The molecule has 1 aliphatic heterocycles. The second kappa shape index (κ2) is 14.1. The van der Waals surface area contributed by atoms with Crippen LogP contribution in [0.25, 0.3) is 0 Å². The molecule has 2 fully saturated rings. The summed E-state index contributed by atoms with van der Waals surface area (Å²) in [7, 11) is -3.60. The minimum Gasteiger partial charge on any atom is -0.392 e. The van der Waals surface area contributed by atoms with Crippen LogP contribution in [-0.4, -0.2) is 36.3 Å². The van der Waals surface area contributed by atoms with Crippen molar-refractivity contribution in [1.82, 2.24) is 4.31 Å². The SMILES string of the molecule is C=C.CC/C=C(\C/C=C(\C)C(=O)Nc1ccc(C#N)cc1CO)S(=O)(=O)N1CCCC2CCCCC21. The monoisotopic (exact) mass is 513 g/mol. The number of nitriles is 1. The lowest BCUT2D eigenvalue weighted by atomic mass is 9.79. The zero-order chi connectivity index (χ0) is 26.7. The number of hydrogen-bond acceptors (Lipinski definition) is 5. The van der Waals surface area contributed by atoms with E-state index in [2.05, 4.69) is 18.5 Å². The maximum Gasteiger partial charge on any atom is 0.250 e. The van der Waals surface area contributed by atoms with Gasteiger partial charge in [0, 0.05) is 35.8 Å². The van der Waals surface area contributed by atoms with E-state index in [0.29, 0.717) is 46.2 Å². The van der Waals surface area contributed by atoms with Gasteiger partial charge in [0.15, 0.2) is 0 Å². The number of carbonyl (C=O) groups is 1. The first-order chi connectivity index (χ1) is 17.3. The fourth-order valence-corrected chi connectivity index (χ4v) is 7.01. The number of nitrogens with zero attached hydrogens (tertiary/aromatic N) is 2. The van der Waals surface area contributed by atoms with Crippen LogP contribution < -0.4 is 5.32 Å². The highest BCUT2D eigenvalue weighted by Crippen LogP contribution is 2.38. The zero-order valence-corrected chi connectivity index (χ0v) is 22.3. The highest BCUT2D eigenvalue weighted by Gasteiger charge is 2.40. The van der Waals surface area contributed by atoms with Crippen molar-refractivity contribution in [3.05, 3.63) is 65.1 Å². The first-order valence-corrected chi connectivity index (χ1v) is 14.1. The highest BCUT2D eigenvalue weighted by atomic mass is 32.2. The molecule has 0 bridgehead atoms. The number of allylic oxidation sites excluding steroid dienone is 3. The molecule has 1 saturated carbocycles. The van der Waals surface area contributed by atoms with Crippen molar-refractivity contribution in [2.24, 2.45) is 5.92 Å². The Balaban J connectivity index is 0.00000222. The summed E-state index contributed by atoms with van der Waals surface area (Å²) in [6.07, 6.45) is 10.5. The molecule has 2 atom stereocenters. The van der Waals surface area contributed by atoms with E-state index in [0.717, 1.165) is 32.1 Å². The van der Waals surface area contributed by atoms with Crippen LogP contribution in [0.5, 0.6) is 0 Å². The van der Waals surface area contributed by atoms with Crippen molar-refractivity contribution in [1.29, 1.82) is 5.26 Å². The van der Waals surface area contributed by atoms with Gasteiger partial charge in [0.2, 0.25) is 10.0 Å². The van der Waals surface area contributed by atoms with Gasteiger partial charge < -0.3 is 10.4 Å². The van der Waals surface area contributed by atoms with Crippen LogP contribution in [0.2, 0.25) is 0 Å². The quantitative estimate of drug-likeness (QED) is 0.357. The van der Waals surface area contributed by atoms with Gasteiger partial charge in [-0.05, 0) is 63.1 Å². The van der Waals surface area contributed by atoms with Gasteiger partial charge >= 0.3 is 0 Å². The summed E-state index contributed by atoms with van der Waals surface area (Å²) in [6, 6.07) is 6.78. The Morgan fingerprint density at radius 3 is 2.58 bits per heavy atom. The highest BCUT2D eigenvalue weighted by molar-refractivity contribution is 7.93. The van der Waals surface area contributed by atoms with Crippen molar-refractivity contribution in [3.8, 4) is 6.07 Å². The molecule has 1 aromatic rings. The van der Waals surface area contributed by atoms with E-state index >= 15 is 0 Å².